The maximum absolute atomic E-state index is 13.0. The highest BCUT2D eigenvalue weighted by atomic mass is 16.2. The molecule has 1 unspecified atom stereocenters. The van der Waals surface area contributed by atoms with Gasteiger partial charge in [0.1, 0.15) is 6.04 Å². The SMILES string of the molecule is CCC(C)(C)c1cccc2c1C(=O)N(C1CCC(=O)NC1=O)C2. The molecule has 5 heteroatoms. The van der Waals surface area contributed by atoms with E-state index in [1.807, 2.05) is 18.2 Å². The van der Waals surface area contributed by atoms with Gasteiger partial charge in [-0.25, -0.2) is 0 Å². The molecule has 1 saturated heterocycles. The van der Waals surface area contributed by atoms with E-state index in [4.69, 9.17) is 0 Å². The lowest BCUT2D eigenvalue weighted by molar-refractivity contribution is -0.136. The lowest BCUT2D eigenvalue weighted by Crippen LogP contribution is -2.52. The lowest BCUT2D eigenvalue weighted by Gasteiger charge is -2.30. The van der Waals surface area contributed by atoms with Gasteiger partial charge in [-0.15, -0.1) is 0 Å². The van der Waals surface area contributed by atoms with Gasteiger partial charge >= 0.3 is 0 Å². The fraction of sp³-hybridized carbons (Fsp3) is 0.500. The quantitative estimate of drug-likeness (QED) is 0.869. The summed E-state index contributed by atoms with van der Waals surface area (Å²) in [5.74, 6) is -0.714. The Balaban J connectivity index is 1.96. The van der Waals surface area contributed by atoms with Crippen molar-refractivity contribution in [3.05, 3.63) is 34.9 Å². The number of piperidine rings is 1. The van der Waals surface area contributed by atoms with E-state index in [-0.39, 0.29) is 29.6 Å². The Morgan fingerprint density at radius 3 is 2.65 bits per heavy atom. The summed E-state index contributed by atoms with van der Waals surface area (Å²) in [6, 6.07) is 5.39. The van der Waals surface area contributed by atoms with Crippen LogP contribution in [0.1, 0.15) is 61.5 Å². The number of hydrogen-bond acceptors (Lipinski definition) is 3. The minimum Gasteiger partial charge on any atom is -0.322 e. The Kier molecular flexibility index (Phi) is 3.74. The van der Waals surface area contributed by atoms with Gasteiger partial charge in [-0.05, 0) is 29.4 Å². The molecule has 2 aliphatic rings. The fourth-order valence-corrected chi connectivity index (χ4v) is 3.37. The molecule has 1 aromatic rings. The van der Waals surface area contributed by atoms with Crippen LogP contribution in [-0.2, 0) is 21.5 Å². The Hall–Kier alpha value is -2.17. The predicted molar refractivity (Wildman–Crippen MR) is 85.8 cm³/mol. The smallest absolute Gasteiger partial charge is 0.255 e. The average molecular weight is 314 g/mol. The van der Waals surface area contributed by atoms with E-state index in [1.54, 1.807) is 4.90 Å². The van der Waals surface area contributed by atoms with Crippen LogP contribution < -0.4 is 5.32 Å². The summed E-state index contributed by atoms with van der Waals surface area (Å²) in [7, 11) is 0. The van der Waals surface area contributed by atoms with Crippen molar-refractivity contribution < 1.29 is 14.4 Å². The zero-order valence-corrected chi connectivity index (χ0v) is 13.8. The van der Waals surface area contributed by atoms with E-state index in [0.717, 1.165) is 23.1 Å². The van der Waals surface area contributed by atoms with Crippen molar-refractivity contribution in [2.24, 2.45) is 0 Å². The second-order valence-electron chi connectivity index (χ2n) is 6.98. The van der Waals surface area contributed by atoms with Gasteiger partial charge in [0, 0.05) is 18.5 Å². The van der Waals surface area contributed by atoms with E-state index in [2.05, 4.69) is 26.1 Å². The number of nitrogens with one attached hydrogen (secondary N) is 1. The molecule has 0 bridgehead atoms. The third kappa shape index (κ3) is 2.54. The van der Waals surface area contributed by atoms with Crippen molar-refractivity contribution in [2.75, 3.05) is 0 Å². The number of imide groups is 1. The van der Waals surface area contributed by atoms with Gasteiger partial charge in [0.25, 0.3) is 5.91 Å². The number of carbonyl (C=O) groups excluding carboxylic acids is 3. The van der Waals surface area contributed by atoms with Crippen molar-refractivity contribution in [2.45, 2.75) is 58.0 Å². The number of fused-ring (bicyclic) bond motifs is 1. The lowest BCUT2D eigenvalue weighted by atomic mass is 9.79. The van der Waals surface area contributed by atoms with Gasteiger partial charge < -0.3 is 4.90 Å². The highest BCUT2D eigenvalue weighted by molar-refractivity contribution is 6.06. The van der Waals surface area contributed by atoms with Gasteiger partial charge in [-0.1, -0.05) is 39.0 Å². The molecule has 23 heavy (non-hydrogen) atoms. The van der Waals surface area contributed by atoms with Gasteiger partial charge in [0.05, 0.1) is 0 Å². The van der Waals surface area contributed by atoms with Crippen molar-refractivity contribution in [1.29, 1.82) is 0 Å². The molecule has 0 aliphatic carbocycles. The molecule has 0 radical (unpaired) electrons. The van der Waals surface area contributed by atoms with E-state index < -0.39 is 6.04 Å². The molecule has 0 aromatic heterocycles. The number of nitrogens with zero attached hydrogens (tertiary/aromatic N) is 1. The average Bonchev–Trinajstić information content (AvgIpc) is 2.84. The van der Waals surface area contributed by atoms with Crippen LogP contribution in [-0.4, -0.2) is 28.7 Å². The highest BCUT2D eigenvalue weighted by Crippen LogP contribution is 2.36. The Labute approximate surface area is 136 Å². The number of carbonyl (C=O) groups is 3. The molecule has 3 amide bonds. The van der Waals surface area contributed by atoms with Crippen LogP contribution in [0.15, 0.2) is 18.2 Å². The van der Waals surface area contributed by atoms with Gasteiger partial charge in [0.2, 0.25) is 11.8 Å². The predicted octanol–water partition coefficient (Wildman–Crippen LogP) is 2.14. The van der Waals surface area contributed by atoms with E-state index in [1.165, 1.54) is 0 Å². The molecule has 3 rings (SSSR count). The maximum atomic E-state index is 13.0. The zero-order valence-electron chi connectivity index (χ0n) is 13.8. The Morgan fingerprint density at radius 1 is 1.26 bits per heavy atom. The molecule has 0 spiro atoms. The van der Waals surface area contributed by atoms with Crippen molar-refractivity contribution in [3.8, 4) is 0 Å². The van der Waals surface area contributed by atoms with Crippen molar-refractivity contribution in [3.63, 3.8) is 0 Å². The summed E-state index contributed by atoms with van der Waals surface area (Å²) in [4.78, 5) is 38.0. The summed E-state index contributed by atoms with van der Waals surface area (Å²) in [6.07, 6.45) is 1.61. The topological polar surface area (TPSA) is 66.5 Å². The second kappa shape index (κ2) is 5.48. The first-order valence-electron chi connectivity index (χ1n) is 8.12. The van der Waals surface area contributed by atoms with Gasteiger partial charge in [-0.2, -0.15) is 0 Å². The molecule has 122 valence electrons. The molecule has 2 heterocycles. The molecule has 1 N–H and O–H groups in total. The van der Waals surface area contributed by atoms with Crippen LogP contribution >= 0.6 is 0 Å². The van der Waals surface area contributed by atoms with Crippen molar-refractivity contribution >= 4 is 17.7 Å². The van der Waals surface area contributed by atoms with E-state index >= 15 is 0 Å². The zero-order chi connectivity index (χ0) is 16.8. The summed E-state index contributed by atoms with van der Waals surface area (Å²) in [6.45, 7) is 6.81. The largest absolute Gasteiger partial charge is 0.322 e. The number of amides is 3. The summed E-state index contributed by atoms with van der Waals surface area (Å²) < 4.78 is 0. The first kappa shape index (κ1) is 15.7. The molecular formula is C18H22N2O3. The molecule has 5 nitrogen and oxygen atoms in total. The first-order chi connectivity index (χ1) is 10.8. The van der Waals surface area contributed by atoms with Crippen LogP contribution in [0.5, 0.6) is 0 Å². The summed E-state index contributed by atoms with van der Waals surface area (Å²) >= 11 is 0. The molecule has 1 atom stereocenters. The molecular weight excluding hydrogens is 292 g/mol. The highest BCUT2D eigenvalue weighted by Gasteiger charge is 2.41. The number of benzene rings is 1. The standard InChI is InChI=1S/C18H22N2O3/c1-4-18(2,3)12-7-5-6-11-10-20(17(23)15(11)12)13-8-9-14(21)19-16(13)22/h5-7,13H,4,8-10H2,1-3H3,(H,19,21,22). The van der Waals surface area contributed by atoms with E-state index in [0.29, 0.717) is 13.0 Å². The summed E-state index contributed by atoms with van der Waals surface area (Å²) in [5.41, 5.74) is 2.65. The first-order valence-corrected chi connectivity index (χ1v) is 8.12. The van der Waals surface area contributed by atoms with E-state index in [9.17, 15) is 14.4 Å². The minimum atomic E-state index is -0.551. The second-order valence-corrected chi connectivity index (χ2v) is 6.98. The monoisotopic (exact) mass is 314 g/mol. The minimum absolute atomic E-state index is 0.0911. The molecule has 1 fully saturated rings. The van der Waals surface area contributed by atoms with Crippen LogP contribution in [0.25, 0.3) is 0 Å². The fourth-order valence-electron chi connectivity index (χ4n) is 3.37. The van der Waals surface area contributed by atoms with Gasteiger partial charge in [0.15, 0.2) is 0 Å². The van der Waals surface area contributed by atoms with Crippen LogP contribution in [0.2, 0.25) is 0 Å². The molecule has 0 saturated carbocycles. The van der Waals surface area contributed by atoms with Gasteiger partial charge in [-0.3, -0.25) is 19.7 Å². The normalized spacial score (nSPS) is 21.4. The number of hydrogen-bond donors (Lipinski definition) is 1. The number of rotatable bonds is 3. The third-order valence-electron chi connectivity index (χ3n) is 5.17. The Morgan fingerprint density at radius 2 is 2.00 bits per heavy atom. The molecule has 2 aliphatic heterocycles. The van der Waals surface area contributed by atoms with Crippen LogP contribution in [0, 0.1) is 0 Å². The van der Waals surface area contributed by atoms with Crippen molar-refractivity contribution in [1.82, 2.24) is 10.2 Å². The maximum Gasteiger partial charge on any atom is 0.255 e. The summed E-state index contributed by atoms with van der Waals surface area (Å²) in [5, 5.41) is 2.34. The molecule has 1 aromatic carbocycles. The van der Waals surface area contributed by atoms with Crippen LogP contribution in [0.4, 0.5) is 0 Å². The third-order valence-corrected chi connectivity index (χ3v) is 5.17. The van der Waals surface area contributed by atoms with Crippen LogP contribution in [0.3, 0.4) is 0 Å². The Bertz CT molecular complexity index is 694.